The normalized spacial score (nSPS) is 29.7. The minimum atomic E-state index is -3.30. The van der Waals surface area contributed by atoms with Gasteiger partial charge in [-0.1, -0.05) is 12.8 Å². The SMILES string of the molecule is CC1CN(S(=O)(=O)NC2CCCC2)CCO1. The van der Waals surface area contributed by atoms with Crippen LogP contribution in [0.3, 0.4) is 0 Å². The number of hydrogen-bond donors (Lipinski definition) is 1. The molecule has 0 aromatic rings. The first-order valence-corrected chi connectivity index (χ1v) is 7.41. The van der Waals surface area contributed by atoms with Crippen LogP contribution in [0.5, 0.6) is 0 Å². The maximum atomic E-state index is 12.0. The van der Waals surface area contributed by atoms with Crippen LogP contribution in [0, 0.1) is 0 Å². The summed E-state index contributed by atoms with van der Waals surface area (Å²) in [6.07, 6.45) is 4.20. The molecule has 16 heavy (non-hydrogen) atoms. The van der Waals surface area contributed by atoms with E-state index < -0.39 is 10.2 Å². The Labute approximate surface area is 97.3 Å². The van der Waals surface area contributed by atoms with E-state index in [1.807, 2.05) is 6.92 Å². The van der Waals surface area contributed by atoms with Crippen molar-refractivity contribution in [2.24, 2.45) is 0 Å². The molecule has 1 unspecified atom stereocenters. The van der Waals surface area contributed by atoms with Crippen molar-refractivity contribution in [3.63, 3.8) is 0 Å². The molecular formula is C10H20N2O3S. The fraction of sp³-hybridized carbons (Fsp3) is 1.00. The van der Waals surface area contributed by atoms with Gasteiger partial charge in [0.05, 0.1) is 12.7 Å². The summed E-state index contributed by atoms with van der Waals surface area (Å²) in [5.74, 6) is 0. The average Bonchev–Trinajstić information content (AvgIpc) is 2.70. The fourth-order valence-electron chi connectivity index (χ4n) is 2.33. The third-order valence-electron chi connectivity index (χ3n) is 3.21. The molecule has 1 aliphatic heterocycles. The Hall–Kier alpha value is -0.170. The maximum Gasteiger partial charge on any atom is 0.279 e. The summed E-state index contributed by atoms with van der Waals surface area (Å²) in [7, 11) is -3.30. The third-order valence-corrected chi connectivity index (χ3v) is 4.86. The second-order valence-corrected chi connectivity index (χ2v) is 6.35. The highest BCUT2D eigenvalue weighted by Gasteiger charge is 2.30. The highest BCUT2D eigenvalue weighted by Crippen LogP contribution is 2.19. The molecule has 6 heteroatoms. The molecule has 5 nitrogen and oxygen atoms in total. The quantitative estimate of drug-likeness (QED) is 0.790. The molecule has 1 saturated heterocycles. The molecule has 1 heterocycles. The Bertz CT molecular complexity index is 325. The topological polar surface area (TPSA) is 58.6 Å². The Kier molecular flexibility index (Phi) is 3.84. The van der Waals surface area contributed by atoms with E-state index in [0.29, 0.717) is 19.7 Å². The molecule has 94 valence electrons. The summed E-state index contributed by atoms with van der Waals surface area (Å²) < 4.78 is 33.7. The second kappa shape index (κ2) is 5.00. The van der Waals surface area contributed by atoms with Crippen molar-refractivity contribution >= 4 is 10.2 Å². The van der Waals surface area contributed by atoms with Crippen LogP contribution < -0.4 is 4.72 Å². The first-order valence-electron chi connectivity index (χ1n) is 5.97. The van der Waals surface area contributed by atoms with Gasteiger partial charge in [-0.3, -0.25) is 0 Å². The van der Waals surface area contributed by atoms with Crippen LogP contribution in [0.25, 0.3) is 0 Å². The standard InChI is InChI=1S/C10H20N2O3S/c1-9-8-12(6-7-15-9)16(13,14)11-10-4-2-3-5-10/h9-11H,2-8H2,1H3. The molecule has 0 amide bonds. The summed E-state index contributed by atoms with van der Waals surface area (Å²) in [4.78, 5) is 0. The van der Waals surface area contributed by atoms with Crippen molar-refractivity contribution in [3.05, 3.63) is 0 Å². The Morgan fingerprint density at radius 1 is 1.31 bits per heavy atom. The van der Waals surface area contributed by atoms with E-state index in [1.165, 1.54) is 4.31 Å². The van der Waals surface area contributed by atoms with Gasteiger partial charge in [0, 0.05) is 19.1 Å². The number of rotatable bonds is 3. The lowest BCUT2D eigenvalue weighted by Crippen LogP contribution is -2.51. The van der Waals surface area contributed by atoms with Crippen LogP contribution in [-0.4, -0.2) is 44.6 Å². The first-order chi connectivity index (χ1) is 7.58. The van der Waals surface area contributed by atoms with Crippen LogP contribution in [0.2, 0.25) is 0 Å². The van der Waals surface area contributed by atoms with E-state index in [2.05, 4.69) is 4.72 Å². The van der Waals surface area contributed by atoms with Crippen molar-refractivity contribution in [1.82, 2.24) is 9.03 Å². The fourth-order valence-corrected chi connectivity index (χ4v) is 3.86. The van der Waals surface area contributed by atoms with Crippen molar-refractivity contribution in [1.29, 1.82) is 0 Å². The van der Waals surface area contributed by atoms with Gasteiger partial charge in [-0.25, -0.2) is 0 Å². The largest absolute Gasteiger partial charge is 0.376 e. The summed E-state index contributed by atoms with van der Waals surface area (Å²) in [6, 6.07) is 0.142. The Morgan fingerprint density at radius 3 is 2.62 bits per heavy atom. The van der Waals surface area contributed by atoms with Gasteiger partial charge in [0.25, 0.3) is 10.2 Å². The minimum Gasteiger partial charge on any atom is -0.376 e. The van der Waals surface area contributed by atoms with Gasteiger partial charge < -0.3 is 4.74 Å². The minimum absolute atomic E-state index is 0.00565. The molecular weight excluding hydrogens is 228 g/mol. The molecule has 0 radical (unpaired) electrons. The zero-order valence-corrected chi connectivity index (χ0v) is 10.5. The van der Waals surface area contributed by atoms with Crippen LogP contribution in [0.1, 0.15) is 32.6 Å². The lowest BCUT2D eigenvalue weighted by Gasteiger charge is -2.31. The van der Waals surface area contributed by atoms with Crippen LogP contribution in [0.4, 0.5) is 0 Å². The number of morpholine rings is 1. The zero-order chi connectivity index (χ0) is 11.6. The van der Waals surface area contributed by atoms with E-state index in [-0.39, 0.29) is 12.1 Å². The second-order valence-electron chi connectivity index (χ2n) is 4.64. The molecule has 1 N–H and O–H groups in total. The van der Waals surface area contributed by atoms with Gasteiger partial charge in [0.1, 0.15) is 0 Å². The predicted molar refractivity (Wildman–Crippen MR) is 61.3 cm³/mol. The number of nitrogens with zero attached hydrogens (tertiary/aromatic N) is 1. The summed E-state index contributed by atoms with van der Waals surface area (Å²) in [5.41, 5.74) is 0. The smallest absolute Gasteiger partial charge is 0.279 e. The summed E-state index contributed by atoms with van der Waals surface area (Å²) >= 11 is 0. The van der Waals surface area contributed by atoms with E-state index >= 15 is 0 Å². The van der Waals surface area contributed by atoms with Gasteiger partial charge >= 0.3 is 0 Å². The molecule has 0 aromatic carbocycles. The highest BCUT2D eigenvalue weighted by molar-refractivity contribution is 7.87. The molecule has 0 bridgehead atoms. The van der Waals surface area contributed by atoms with E-state index in [0.717, 1.165) is 25.7 Å². The molecule has 2 rings (SSSR count). The molecule has 0 aromatic heterocycles. The van der Waals surface area contributed by atoms with Crippen LogP contribution in [0.15, 0.2) is 0 Å². The van der Waals surface area contributed by atoms with Crippen molar-refractivity contribution in [3.8, 4) is 0 Å². The number of nitrogens with one attached hydrogen (secondary N) is 1. The molecule has 1 saturated carbocycles. The van der Waals surface area contributed by atoms with Gasteiger partial charge in [-0.15, -0.1) is 0 Å². The lowest BCUT2D eigenvalue weighted by molar-refractivity contribution is 0.00967. The lowest BCUT2D eigenvalue weighted by atomic mass is 10.3. The van der Waals surface area contributed by atoms with Crippen molar-refractivity contribution in [2.45, 2.75) is 44.8 Å². The first kappa shape index (κ1) is 12.3. The molecule has 1 atom stereocenters. The average molecular weight is 248 g/mol. The Balaban J connectivity index is 1.94. The summed E-state index contributed by atoms with van der Waals surface area (Å²) in [5, 5.41) is 0. The molecule has 2 fully saturated rings. The van der Waals surface area contributed by atoms with E-state index in [9.17, 15) is 8.42 Å². The maximum absolute atomic E-state index is 12.0. The van der Waals surface area contributed by atoms with Crippen molar-refractivity contribution < 1.29 is 13.2 Å². The zero-order valence-electron chi connectivity index (χ0n) is 9.68. The Morgan fingerprint density at radius 2 is 2.00 bits per heavy atom. The molecule has 2 aliphatic rings. The van der Waals surface area contributed by atoms with Gasteiger partial charge in [-0.05, 0) is 19.8 Å². The van der Waals surface area contributed by atoms with Gasteiger partial charge in [-0.2, -0.15) is 17.4 Å². The summed E-state index contributed by atoms with van der Waals surface area (Å²) in [6.45, 7) is 3.32. The monoisotopic (exact) mass is 248 g/mol. The number of hydrogen-bond acceptors (Lipinski definition) is 3. The third kappa shape index (κ3) is 2.94. The van der Waals surface area contributed by atoms with E-state index in [1.54, 1.807) is 0 Å². The van der Waals surface area contributed by atoms with Crippen molar-refractivity contribution in [2.75, 3.05) is 19.7 Å². The van der Waals surface area contributed by atoms with Crippen LogP contribution in [-0.2, 0) is 14.9 Å². The predicted octanol–water partition coefficient (Wildman–Crippen LogP) is 0.484. The van der Waals surface area contributed by atoms with Gasteiger partial charge in [0.15, 0.2) is 0 Å². The molecule has 1 aliphatic carbocycles. The molecule has 0 spiro atoms. The highest BCUT2D eigenvalue weighted by atomic mass is 32.2. The van der Waals surface area contributed by atoms with Crippen LogP contribution >= 0.6 is 0 Å². The van der Waals surface area contributed by atoms with E-state index in [4.69, 9.17) is 4.74 Å². The van der Waals surface area contributed by atoms with Gasteiger partial charge in [0.2, 0.25) is 0 Å². The number of ether oxygens (including phenoxy) is 1.